The van der Waals surface area contributed by atoms with E-state index in [4.69, 9.17) is 11.6 Å². The highest BCUT2D eigenvalue weighted by Crippen LogP contribution is 2.31. The number of aryl methyl sites for hydroxylation is 1. The SMILES string of the molecule is CCN(C1CCCC1)S(=O)(=O)c1ccc(CCCl)s1. The van der Waals surface area contributed by atoms with E-state index in [1.807, 2.05) is 13.0 Å². The largest absolute Gasteiger partial charge is 0.252 e. The van der Waals surface area contributed by atoms with Crippen LogP contribution in [0.2, 0.25) is 0 Å². The van der Waals surface area contributed by atoms with Gasteiger partial charge in [0.25, 0.3) is 10.0 Å². The second-order valence-corrected chi connectivity index (χ2v) is 8.47. The standard InChI is InChI=1S/C13H20ClNO2S2/c1-2-15(11-5-3-4-6-11)19(16,17)13-8-7-12(18-13)9-10-14/h7-8,11H,2-6,9-10H2,1H3. The molecule has 0 unspecified atom stereocenters. The molecule has 1 aromatic heterocycles. The van der Waals surface area contributed by atoms with E-state index >= 15 is 0 Å². The van der Waals surface area contributed by atoms with Gasteiger partial charge in [-0.05, 0) is 31.4 Å². The molecule has 1 fully saturated rings. The Morgan fingerprint density at radius 3 is 2.63 bits per heavy atom. The molecule has 108 valence electrons. The first kappa shape index (κ1) is 15.3. The highest BCUT2D eigenvalue weighted by Gasteiger charge is 2.32. The van der Waals surface area contributed by atoms with E-state index in [0.717, 1.165) is 37.0 Å². The maximum atomic E-state index is 12.7. The summed E-state index contributed by atoms with van der Waals surface area (Å²) in [6.45, 7) is 2.47. The fourth-order valence-corrected chi connectivity index (χ4v) is 6.15. The molecule has 19 heavy (non-hydrogen) atoms. The number of alkyl halides is 1. The molecule has 0 aromatic carbocycles. The number of halogens is 1. The van der Waals surface area contributed by atoms with Crippen molar-refractivity contribution in [2.45, 2.75) is 49.3 Å². The highest BCUT2D eigenvalue weighted by molar-refractivity contribution is 7.91. The average Bonchev–Trinajstić information content (AvgIpc) is 3.01. The first-order valence-electron chi connectivity index (χ1n) is 6.76. The van der Waals surface area contributed by atoms with Crippen molar-refractivity contribution < 1.29 is 8.42 Å². The lowest BCUT2D eigenvalue weighted by molar-refractivity contribution is 0.336. The third kappa shape index (κ3) is 3.32. The van der Waals surface area contributed by atoms with E-state index in [9.17, 15) is 8.42 Å². The smallest absolute Gasteiger partial charge is 0.206 e. The number of nitrogens with zero attached hydrogens (tertiary/aromatic N) is 1. The van der Waals surface area contributed by atoms with Crippen LogP contribution in [0.4, 0.5) is 0 Å². The average molecular weight is 322 g/mol. The Morgan fingerprint density at radius 2 is 2.05 bits per heavy atom. The first-order chi connectivity index (χ1) is 9.09. The zero-order chi connectivity index (χ0) is 13.9. The topological polar surface area (TPSA) is 37.4 Å². The summed E-state index contributed by atoms with van der Waals surface area (Å²) >= 11 is 7.05. The van der Waals surface area contributed by atoms with Gasteiger partial charge in [-0.2, -0.15) is 4.31 Å². The molecule has 0 bridgehead atoms. The van der Waals surface area contributed by atoms with Crippen LogP contribution in [0.1, 0.15) is 37.5 Å². The van der Waals surface area contributed by atoms with Gasteiger partial charge in [0.2, 0.25) is 0 Å². The van der Waals surface area contributed by atoms with Gasteiger partial charge in [0, 0.05) is 23.3 Å². The Kier molecular flexibility index (Phi) is 5.29. The van der Waals surface area contributed by atoms with Crippen LogP contribution in [0.15, 0.2) is 16.3 Å². The monoisotopic (exact) mass is 321 g/mol. The maximum absolute atomic E-state index is 12.7. The van der Waals surface area contributed by atoms with Crippen LogP contribution in [0.25, 0.3) is 0 Å². The van der Waals surface area contributed by atoms with Gasteiger partial charge < -0.3 is 0 Å². The molecule has 0 N–H and O–H groups in total. The second-order valence-electron chi connectivity index (χ2n) is 4.81. The summed E-state index contributed by atoms with van der Waals surface area (Å²) in [5, 5.41) is 0. The summed E-state index contributed by atoms with van der Waals surface area (Å²) in [5.74, 6) is 0.528. The lowest BCUT2D eigenvalue weighted by atomic mass is 10.2. The third-order valence-corrected chi connectivity index (χ3v) is 7.41. The van der Waals surface area contributed by atoms with Gasteiger partial charge in [0.05, 0.1) is 0 Å². The fourth-order valence-electron chi connectivity index (χ4n) is 2.66. The summed E-state index contributed by atoms with van der Waals surface area (Å²) in [7, 11) is -3.32. The molecular weight excluding hydrogens is 302 g/mol. The Morgan fingerprint density at radius 1 is 1.37 bits per heavy atom. The van der Waals surface area contributed by atoms with Crippen molar-refractivity contribution in [3.63, 3.8) is 0 Å². The molecule has 0 radical (unpaired) electrons. The van der Waals surface area contributed by atoms with Crippen LogP contribution in [-0.2, 0) is 16.4 Å². The fraction of sp³-hybridized carbons (Fsp3) is 0.692. The van der Waals surface area contributed by atoms with E-state index in [2.05, 4.69) is 0 Å². The van der Waals surface area contributed by atoms with Gasteiger partial charge in [-0.25, -0.2) is 8.42 Å². The molecule has 3 nitrogen and oxygen atoms in total. The Bertz CT molecular complexity index is 506. The summed E-state index contributed by atoms with van der Waals surface area (Å²) < 4.78 is 27.5. The summed E-state index contributed by atoms with van der Waals surface area (Å²) in [6.07, 6.45) is 4.99. The maximum Gasteiger partial charge on any atom is 0.252 e. The minimum absolute atomic E-state index is 0.188. The van der Waals surface area contributed by atoms with Crippen LogP contribution in [0.3, 0.4) is 0 Å². The van der Waals surface area contributed by atoms with Gasteiger partial charge in [-0.1, -0.05) is 19.8 Å². The first-order valence-corrected chi connectivity index (χ1v) is 9.55. The Hall–Kier alpha value is -0.100. The zero-order valence-electron chi connectivity index (χ0n) is 11.1. The predicted octanol–water partition coefficient (Wildman–Crippen LogP) is 3.48. The number of hydrogen-bond acceptors (Lipinski definition) is 3. The van der Waals surface area contributed by atoms with E-state index in [1.54, 1.807) is 10.4 Å². The lowest BCUT2D eigenvalue weighted by Crippen LogP contribution is -2.38. The van der Waals surface area contributed by atoms with Crippen LogP contribution >= 0.6 is 22.9 Å². The molecule has 0 atom stereocenters. The molecular formula is C13H20ClNO2S2. The van der Waals surface area contributed by atoms with E-state index in [-0.39, 0.29) is 6.04 Å². The molecule has 0 saturated heterocycles. The number of rotatable bonds is 6. The summed E-state index contributed by atoms with van der Waals surface area (Å²) in [4.78, 5) is 1.04. The predicted molar refractivity (Wildman–Crippen MR) is 80.6 cm³/mol. The number of hydrogen-bond donors (Lipinski definition) is 0. The van der Waals surface area contributed by atoms with Crippen molar-refractivity contribution in [2.75, 3.05) is 12.4 Å². The molecule has 0 amide bonds. The van der Waals surface area contributed by atoms with Gasteiger partial charge in [-0.15, -0.1) is 22.9 Å². The van der Waals surface area contributed by atoms with Crippen molar-refractivity contribution in [1.82, 2.24) is 4.31 Å². The summed E-state index contributed by atoms with van der Waals surface area (Å²) in [5.41, 5.74) is 0. The quantitative estimate of drug-likeness (QED) is 0.752. The van der Waals surface area contributed by atoms with E-state index < -0.39 is 10.0 Å². The number of sulfonamides is 1. The molecule has 1 aliphatic carbocycles. The van der Waals surface area contributed by atoms with Crippen LogP contribution in [0, 0.1) is 0 Å². The van der Waals surface area contributed by atoms with Crippen molar-refractivity contribution in [3.05, 3.63) is 17.0 Å². The molecule has 6 heteroatoms. The third-order valence-electron chi connectivity index (χ3n) is 3.58. The Labute approximate surface area is 124 Å². The van der Waals surface area contributed by atoms with Gasteiger partial charge >= 0.3 is 0 Å². The minimum atomic E-state index is -3.32. The normalized spacial score (nSPS) is 17.4. The molecule has 1 aromatic rings. The highest BCUT2D eigenvalue weighted by atomic mass is 35.5. The molecule has 1 heterocycles. The van der Waals surface area contributed by atoms with Gasteiger partial charge in [0.15, 0.2) is 0 Å². The van der Waals surface area contributed by atoms with Crippen molar-refractivity contribution in [3.8, 4) is 0 Å². The molecule has 1 aliphatic rings. The van der Waals surface area contributed by atoms with Gasteiger partial charge in [0.1, 0.15) is 4.21 Å². The number of thiophene rings is 1. The van der Waals surface area contributed by atoms with E-state index in [0.29, 0.717) is 16.6 Å². The summed E-state index contributed by atoms with van der Waals surface area (Å²) in [6, 6.07) is 3.79. The zero-order valence-corrected chi connectivity index (χ0v) is 13.5. The molecule has 0 spiro atoms. The van der Waals surface area contributed by atoms with Crippen molar-refractivity contribution >= 4 is 33.0 Å². The van der Waals surface area contributed by atoms with E-state index in [1.165, 1.54) is 11.3 Å². The van der Waals surface area contributed by atoms with Crippen LogP contribution in [-0.4, -0.2) is 31.2 Å². The second kappa shape index (κ2) is 6.57. The minimum Gasteiger partial charge on any atom is -0.206 e. The molecule has 1 saturated carbocycles. The molecule has 0 aliphatic heterocycles. The molecule has 2 rings (SSSR count). The Balaban J connectivity index is 2.23. The van der Waals surface area contributed by atoms with Crippen LogP contribution in [0.5, 0.6) is 0 Å². The van der Waals surface area contributed by atoms with Crippen LogP contribution < -0.4 is 0 Å². The lowest BCUT2D eigenvalue weighted by Gasteiger charge is -2.25. The van der Waals surface area contributed by atoms with Crippen molar-refractivity contribution in [2.24, 2.45) is 0 Å². The van der Waals surface area contributed by atoms with Crippen molar-refractivity contribution in [1.29, 1.82) is 0 Å². The van der Waals surface area contributed by atoms with Gasteiger partial charge in [-0.3, -0.25) is 0 Å².